The molecule has 0 saturated heterocycles. The number of nitrogens with one attached hydrogen (secondary N) is 1. The Bertz CT molecular complexity index is 1220. The van der Waals surface area contributed by atoms with Gasteiger partial charge < -0.3 is 14.8 Å². The van der Waals surface area contributed by atoms with E-state index in [0.717, 1.165) is 30.4 Å². The molecular formula is C21H15ClF3NO4. The average molecular weight is 438 g/mol. The predicted molar refractivity (Wildman–Crippen MR) is 107 cm³/mol. The number of aromatic amines is 1. The first-order valence-electron chi connectivity index (χ1n) is 8.72. The molecule has 0 radical (unpaired) electrons. The van der Waals surface area contributed by atoms with Gasteiger partial charge in [-0.25, -0.2) is 4.79 Å². The van der Waals surface area contributed by atoms with Gasteiger partial charge in [0.15, 0.2) is 0 Å². The molecule has 2 aromatic carbocycles. The zero-order chi connectivity index (χ0) is 22.1. The smallest absolute Gasteiger partial charge is 0.416 e. The number of pyridine rings is 1. The maximum absolute atomic E-state index is 13.3. The summed E-state index contributed by atoms with van der Waals surface area (Å²) in [6.07, 6.45) is -2.51. The highest BCUT2D eigenvalue weighted by molar-refractivity contribution is 6.31. The van der Waals surface area contributed by atoms with Crippen molar-refractivity contribution in [3.05, 3.63) is 69.0 Å². The molecule has 0 unspecified atom stereocenters. The van der Waals surface area contributed by atoms with Crippen LogP contribution >= 0.6 is 11.6 Å². The summed E-state index contributed by atoms with van der Waals surface area (Å²) < 4.78 is 44.7. The minimum Gasteiger partial charge on any atom is -0.507 e. The Morgan fingerprint density at radius 2 is 1.97 bits per heavy atom. The van der Waals surface area contributed by atoms with Gasteiger partial charge in [0.1, 0.15) is 5.75 Å². The number of carbonyl (C=O) groups excluding carboxylic acids is 1. The van der Waals surface area contributed by atoms with Gasteiger partial charge in [-0.1, -0.05) is 11.6 Å². The molecular weight excluding hydrogens is 423 g/mol. The summed E-state index contributed by atoms with van der Waals surface area (Å²) >= 11 is 6.01. The summed E-state index contributed by atoms with van der Waals surface area (Å²) in [5.74, 6) is -1.03. The molecule has 0 atom stereocenters. The Hall–Kier alpha value is -3.26. The lowest BCUT2D eigenvalue weighted by Crippen LogP contribution is -2.13. The molecule has 0 spiro atoms. The highest BCUT2D eigenvalue weighted by Gasteiger charge is 2.31. The number of esters is 1. The molecule has 5 nitrogen and oxygen atoms in total. The molecule has 3 aromatic rings. The molecule has 30 heavy (non-hydrogen) atoms. The van der Waals surface area contributed by atoms with Crippen LogP contribution in [0, 0.1) is 0 Å². The van der Waals surface area contributed by atoms with E-state index in [1.54, 1.807) is 6.92 Å². The van der Waals surface area contributed by atoms with Gasteiger partial charge in [0.25, 0.3) is 5.56 Å². The number of ether oxygens (including phenoxy) is 1. The zero-order valence-electron chi connectivity index (χ0n) is 15.5. The van der Waals surface area contributed by atoms with Crippen molar-refractivity contribution in [2.45, 2.75) is 13.1 Å². The summed E-state index contributed by atoms with van der Waals surface area (Å²) in [5, 5.41) is 10.6. The first-order chi connectivity index (χ1) is 14.1. The number of alkyl halides is 3. The minimum atomic E-state index is -4.63. The molecule has 1 aromatic heterocycles. The fraction of sp³-hybridized carbons (Fsp3) is 0.143. The molecule has 0 aliphatic carbocycles. The van der Waals surface area contributed by atoms with Crippen LogP contribution in [0.2, 0.25) is 5.02 Å². The van der Waals surface area contributed by atoms with Crippen LogP contribution in [0.5, 0.6) is 5.75 Å². The lowest BCUT2D eigenvalue weighted by atomic mass is 9.94. The summed E-state index contributed by atoms with van der Waals surface area (Å²) in [6, 6.07) is 6.81. The molecule has 0 saturated carbocycles. The summed E-state index contributed by atoms with van der Waals surface area (Å²) in [7, 11) is 0. The normalized spacial score (nSPS) is 11.9. The highest BCUT2D eigenvalue weighted by atomic mass is 35.5. The third-order valence-corrected chi connectivity index (χ3v) is 4.51. The molecule has 9 heteroatoms. The van der Waals surface area contributed by atoms with Gasteiger partial charge in [-0.05, 0) is 49.4 Å². The largest absolute Gasteiger partial charge is 0.507 e. The lowest BCUT2D eigenvalue weighted by molar-refractivity contribution is -0.138. The first-order valence-corrected chi connectivity index (χ1v) is 9.10. The number of rotatable bonds is 4. The van der Waals surface area contributed by atoms with Crippen LogP contribution in [0.3, 0.4) is 0 Å². The number of hydrogen-bond donors (Lipinski definition) is 2. The minimum absolute atomic E-state index is 0.000369. The number of fused-ring (bicyclic) bond motifs is 1. The fourth-order valence-electron chi connectivity index (χ4n) is 2.98. The van der Waals surface area contributed by atoms with Crippen LogP contribution in [0.15, 0.2) is 47.3 Å². The molecule has 0 amide bonds. The molecule has 3 rings (SSSR count). The number of phenolic OH excluding ortho intramolecular Hbond substituents is 1. The van der Waals surface area contributed by atoms with Crippen molar-refractivity contribution in [2.24, 2.45) is 0 Å². The summed E-state index contributed by atoms with van der Waals surface area (Å²) in [6.45, 7) is 1.71. The van der Waals surface area contributed by atoms with Crippen molar-refractivity contribution in [1.29, 1.82) is 0 Å². The van der Waals surface area contributed by atoms with Crippen molar-refractivity contribution in [2.75, 3.05) is 6.61 Å². The maximum Gasteiger partial charge on any atom is 0.416 e. The molecule has 0 aliphatic rings. The van der Waals surface area contributed by atoms with Crippen LogP contribution < -0.4 is 5.56 Å². The number of H-pyrrole nitrogens is 1. The number of hydrogen-bond acceptors (Lipinski definition) is 4. The average Bonchev–Trinajstić information content (AvgIpc) is 2.67. The zero-order valence-corrected chi connectivity index (χ0v) is 16.3. The van der Waals surface area contributed by atoms with Crippen LogP contribution in [-0.4, -0.2) is 22.7 Å². The number of benzene rings is 2. The number of aromatic nitrogens is 1. The van der Waals surface area contributed by atoms with Gasteiger partial charge in [-0.3, -0.25) is 4.79 Å². The van der Waals surface area contributed by atoms with Gasteiger partial charge >= 0.3 is 12.1 Å². The van der Waals surface area contributed by atoms with Crippen molar-refractivity contribution >= 4 is 34.5 Å². The van der Waals surface area contributed by atoms with Crippen molar-refractivity contribution in [1.82, 2.24) is 4.98 Å². The lowest BCUT2D eigenvalue weighted by Gasteiger charge is -2.14. The molecule has 1 heterocycles. The Balaban J connectivity index is 2.41. The molecule has 0 aliphatic heterocycles. The van der Waals surface area contributed by atoms with E-state index in [9.17, 15) is 27.9 Å². The van der Waals surface area contributed by atoms with E-state index in [1.807, 2.05) is 0 Å². The monoisotopic (exact) mass is 437 g/mol. The molecule has 156 valence electrons. The third kappa shape index (κ3) is 4.33. The van der Waals surface area contributed by atoms with Gasteiger partial charge in [0, 0.05) is 38.7 Å². The predicted octanol–water partition coefficient (Wildman–Crippen LogP) is 5.15. The number of carbonyl (C=O) groups is 1. The summed E-state index contributed by atoms with van der Waals surface area (Å²) in [4.78, 5) is 26.9. The van der Waals surface area contributed by atoms with Crippen LogP contribution in [-0.2, 0) is 15.7 Å². The van der Waals surface area contributed by atoms with E-state index in [2.05, 4.69) is 4.98 Å². The second-order valence-electron chi connectivity index (χ2n) is 6.25. The Morgan fingerprint density at radius 3 is 2.63 bits per heavy atom. The Kier molecular flexibility index (Phi) is 5.89. The quantitative estimate of drug-likeness (QED) is 0.437. The fourth-order valence-corrected chi connectivity index (χ4v) is 3.16. The van der Waals surface area contributed by atoms with E-state index in [4.69, 9.17) is 16.3 Å². The molecule has 0 fully saturated rings. The van der Waals surface area contributed by atoms with Gasteiger partial charge in [-0.15, -0.1) is 0 Å². The standard InChI is InChI=1S/C21H15ClF3NO4/c1-2-30-18(28)8-5-13-19(15-10-12(22)4-7-17(15)27)14-9-11(21(23,24)25)3-6-16(14)26-20(13)29/h3-10,27H,2H2,1H3,(H,26,29)/b8-5+. The van der Waals surface area contributed by atoms with E-state index in [-0.39, 0.29) is 45.0 Å². The maximum atomic E-state index is 13.3. The van der Waals surface area contributed by atoms with Crippen molar-refractivity contribution in [3.8, 4) is 16.9 Å². The van der Waals surface area contributed by atoms with Gasteiger partial charge in [0.05, 0.1) is 12.2 Å². The second-order valence-corrected chi connectivity index (χ2v) is 6.68. The SMILES string of the molecule is CCOC(=O)/C=C/c1c(-c2cc(Cl)ccc2O)c2cc(C(F)(F)F)ccc2[nH]c1=O. The van der Waals surface area contributed by atoms with E-state index < -0.39 is 23.3 Å². The third-order valence-electron chi connectivity index (χ3n) is 4.28. The van der Waals surface area contributed by atoms with Crippen LogP contribution in [0.4, 0.5) is 13.2 Å². The topological polar surface area (TPSA) is 79.4 Å². The highest BCUT2D eigenvalue weighted by Crippen LogP contribution is 2.39. The van der Waals surface area contributed by atoms with Crippen molar-refractivity contribution in [3.63, 3.8) is 0 Å². The number of halogens is 4. The van der Waals surface area contributed by atoms with Crippen LogP contribution in [0.1, 0.15) is 18.1 Å². The Labute approximate surface area is 173 Å². The number of aromatic hydroxyl groups is 1. The Morgan fingerprint density at radius 1 is 1.23 bits per heavy atom. The first kappa shape index (κ1) is 21.4. The number of phenols is 1. The van der Waals surface area contributed by atoms with E-state index in [0.29, 0.717) is 0 Å². The van der Waals surface area contributed by atoms with Crippen molar-refractivity contribution < 1.29 is 27.8 Å². The van der Waals surface area contributed by atoms with E-state index >= 15 is 0 Å². The van der Waals surface area contributed by atoms with Gasteiger partial charge in [0.2, 0.25) is 0 Å². The molecule has 2 N–H and O–H groups in total. The summed E-state index contributed by atoms with van der Waals surface area (Å²) in [5.41, 5.74) is -1.58. The van der Waals surface area contributed by atoms with Gasteiger partial charge in [-0.2, -0.15) is 13.2 Å². The molecule has 0 bridgehead atoms. The second kappa shape index (κ2) is 8.23. The van der Waals surface area contributed by atoms with Crippen LogP contribution in [0.25, 0.3) is 28.1 Å². The van der Waals surface area contributed by atoms with E-state index in [1.165, 1.54) is 18.2 Å².